The van der Waals surface area contributed by atoms with Crippen LogP contribution in [-0.4, -0.2) is 6.61 Å². The Kier molecular flexibility index (Phi) is 4.95. The lowest BCUT2D eigenvalue weighted by Gasteiger charge is -2.24. The van der Waals surface area contributed by atoms with E-state index in [1.807, 2.05) is 0 Å². The first-order valence-corrected chi connectivity index (χ1v) is 9.68. The number of rotatable bonds is 5. The second-order valence-electron chi connectivity index (χ2n) is 8.06. The van der Waals surface area contributed by atoms with Crippen molar-refractivity contribution in [2.45, 2.75) is 66.7 Å². The molecule has 0 aliphatic heterocycles. The van der Waals surface area contributed by atoms with Gasteiger partial charge in [-0.25, -0.2) is 0 Å². The molecule has 0 spiro atoms. The van der Waals surface area contributed by atoms with Crippen LogP contribution in [-0.2, 0) is 0 Å². The normalized spacial score (nSPS) is 20.4. The van der Waals surface area contributed by atoms with Gasteiger partial charge in [0.25, 0.3) is 0 Å². The van der Waals surface area contributed by atoms with Gasteiger partial charge >= 0.3 is 0 Å². The highest BCUT2D eigenvalue weighted by atomic mass is 16.5. The quantitative estimate of drug-likeness (QED) is 0.598. The van der Waals surface area contributed by atoms with Crippen LogP contribution in [0.2, 0.25) is 0 Å². The number of hydrogen-bond donors (Lipinski definition) is 0. The minimum absolute atomic E-state index is 0.349. The van der Waals surface area contributed by atoms with E-state index in [4.69, 9.17) is 4.74 Å². The predicted molar refractivity (Wildman–Crippen MR) is 107 cm³/mol. The van der Waals surface area contributed by atoms with Gasteiger partial charge in [-0.2, -0.15) is 0 Å². The van der Waals surface area contributed by atoms with Gasteiger partial charge < -0.3 is 4.74 Å². The molecule has 1 aliphatic carbocycles. The van der Waals surface area contributed by atoms with Gasteiger partial charge in [-0.3, -0.25) is 0 Å². The van der Waals surface area contributed by atoms with Crippen molar-refractivity contribution in [3.05, 3.63) is 63.2 Å². The summed E-state index contributed by atoms with van der Waals surface area (Å²) >= 11 is 0. The summed E-state index contributed by atoms with van der Waals surface area (Å²) in [4.78, 5) is 0. The molecule has 1 aliphatic rings. The van der Waals surface area contributed by atoms with Crippen LogP contribution in [0.5, 0.6) is 5.75 Å². The number of aryl methyl sites for hydroxylation is 4. The predicted octanol–water partition coefficient (Wildman–Crippen LogP) is 6.59. The molecule has 1 nitrogen and oxygen atoms in total. The molecule has 0 N–H and O–H groups in total. The summed E-state index contributed by atoms with van der Waals surface area (Å²) < 4.78 is 6.06. The molecule has 0 radical (unpaired) electrons. The van der Waals surface area contributed by atoms with Crippen molar-refractivity contribution in [3.8, 4) is 5.75 Å². The van der Waals surface area contributed by atoms with Gasteiger partial charge in [0, 0.05) is 11.5 Å². The number of hydrogen-bond acceptors (Lipinski definition) is 1. The topological polar surface area (TPSA) is 9.23 Å². The minimum Gasteiger partial charge on any atom is -0.493 e. The molecule has 2 aromatic carbocycles. The summed E-state index contributed by atoms with van der Waals surface area (Å²) in [6.45, 7) is 16.4. The van der Waals surface area contributed by atoms with Gasteiger partial charge in [-0.15, -0.1) is 0 Å². The van der Waals surface area contributed by atoms with E-state index in [0.29, 0.717) is 12.5 Å². The second-order valence-corrected chi connectivity index (χ2v) is 8.06. The maximum Gasteiger partial charge on any atom is 0.125 e. The molecule has 1 heteroatoms. The molecule has 0 saturated heterocycles. The SMILES string of the molecule is CCOc1c(C)cc(C)cc1C(C)c1cc(C)cc(C)c1C1CC1C. The Balaban J connectivity index is 2.15. The molecule has 0 amide bonds. The molecule has 3 rings (SSSR count). The fourth-order valence-electron chi connectivity index (χ4n) is 4.42. The van der Waals surface area contributed by atoms with Crippen LogP contribution in [0.15, 0.2) is 24.3 Å². The Morgan fingerprint density at radius 2 is 1.52 bits per heavy atom. The molecular weight excluding hydrogens is 304 g/mol. The third-order valence-corrected chi connectivity index (χ3v) is 5.71. The lowest BCUT2D eigenvalue weighted by atomic mass is 9.83. The summed E-state index contributed by atoms with van der Waals surface area (Å²) in [5, 5.41) is 0. The number of ether oxygens (including phenoxy) is 1. The first-order valence-electron chi connectivity index (χ1n) is 9.68. The molecule has 134 valence electrons. The summed E-state index contributed by atoms with van der Waals surface area (Å²) in [6.07, 6.45) is 1.33. The van der Waals surface area contributed by atoms with Gasteiger partial charge in [0.15, 0.2) is 0 Å². The highest BCUT2D eigenvalue weighted by Gasteiger charge is 2.37. The van der Waals surface area contributed by atoms with Crippen LogP contribution in [0.3, 0.4) is 0 Å². The molecule has 0 aromatic heterocycles. The second kappa shape index (κ2) is 6.86. The first-order chi connectivity index (χ1) is 11.8. The van der Waals surface area contributed by atoms with Crippen molar-refractivity contribution in [2.75, 3.05) is 6.61 Å². The average Bonchev–Trinajstić information content (AvgIpc) is 3.24. The molecule has 0 heterocycles. The molecule has 0 bridgehead atoms. The van der Waals surface area contributed by atoms with Gasteiger partial charge in [0.05, 0.1) is 6.61 Å². The van der Waals surface area contributed by atoms with Crippen molar-refractivity contribution in [1.29, 1.82) is 0 Å². The van der Waals surface area contributed by atoms with E-state index >= 15 is 0 Å². The standard InChI is InChI=1S/C24H32O/c1-8-25-24-18(6)10-15(3)12-22(24)19(7)21-11-14(2)9-17(5)23(21)20-13-16(20)4/h9-12,16,19-20H,8,13H2,1-7H3. The zero-order chi connectivity index (χ0) is 18.3. The van der Waals surface area contributed by atoms with Crippen molar-refractivity contribution in [3.63, 3.8) is 0 Å². The Morgan fingerprint density at radius 3 is 2.08 bits per heavy atom. The number of benzene rings is 2. The van der Waals surface area contributed by atoms with Crippen LogP contribution in [0.1, 0.15) is 78.0 Å². The van der Waals surface area contributed by atoms with Crippen molar-refractivity contribution in [1.82, 2.24) is 0 Å². The van der Waals surface area contributed by atoms with E-state index in [0.717, 1.165) is 17.6 Å². The monoisotopic (exact) mass is 336 g/mol. The van der Waals surface area contributed by atoms with Gasteiger partial charge in [-0.05, 0) is 75.1 Å². The third-order valence-electron chi connectivity index (χ3n) is 5.71. The molecule has 2 aromatic rings. The van der Waals surface area contributed by atoms with E-state index in [1.165, 1.54) is 39.8 Å². The fourth-order valence-corrected chi connectivity index (χ4v) is 4.42. The lowest BCUT2D eigenvalue weighted by molar-refractivity contribution is 0.333. The van der Waals surface area contributed by atoms with Crippen LogP contribution >= 0.6 is 0 Å². The fraction of sp³-hybridized carbons (Fsp3) is 0.500. The Bertz CT molecular complexity index is 787. The molecular formula is C24H32O. The molecule has 25 heavy (non-hydrogen) atoms. The summed E-state index contributed by atoms with van der Waals surface area (Å²) in [7, 11) is 0. The highest BCUT2D eigenvalue weighted by molar-refractivity contribution is 5.53. The zero-order valence-corrected chi connectivity index (χ0v) is 16.9. The van der Waals surface area contributed by atoms with Crippen LogP contribution in [0, 0.1) is 33.6 Å². The third kappa shape index (κ3) is 3.47. The summed E-state index contributed by atoms with van der Waals surface area (Å²) in [5.74, 6) is 2.98. The zero-order valence-electron chi connectivity index (χ0n) is 16.9. The summed E-state index contributed by atoms with van der Waals surface area (Å²) in [5.41, 5.74) is 9.80. The van der Waals surface area contributed by atoms with E-state index in [2.05, 4.69) is 72.7 Å². The lowest BCUT2D eigenvalue weighted by Crippen LogP contribution is -2.08. The minimum atomic E-state index is 0.349. The summed E-state index contributed by atoms with van der Waals surface area (Å²) in [6, 6.07) is 9.31. The Morgan fingerprint density at radius 1 is 0.960 bits per heavy atom. The van der Waals surface area contributed by atoms with Crippen LogP contribution in [0.25, 0.3) is 0 Å². The van der Waals surface area contributed by atoms with Crippen LogP contribution < -0.4 is 4.74 Å². The largest absolute Gasteiger partial charge is 0.493 e. The van der Waals surface area contributed by atoms with Crippen molar-refractivity contribution >= 4 is 0 Å². The maximum atomic E-state index is 6.06. The van der Waals surface area contributed by atoms with Gasteiger partial charge in [0.1, 0.15) is 5.75 Å². The van der Waals surface area contributed by atoms with Crippen molar-refractivity contribution < 1.29 is 4.74 Å². The van der Waals surface area contributed by atoms with E-state index < -0.39 is 0 Å². The molecule has 1 saturated carbocycles. The Hall–Kier alpha value is -1.76. The Labute approximate surface area is 153 Å². The first kappa shape index (κ1) is 18.0. The molecule has 1 fully saturated rings. The smallest absolute Gasteiger partial charge is 0.125 e. The van der Waals surface area contributed by atoms with Crippen molar-refractivity contribution in [2.24, 2.45) is 5.92 Å². The van der Waals surface area contributed by atoms with E-state index in [-0.39, 0.29) is 0 Å². The van der Waals surface area contributed by atoms with E-state index in [9.17, 15) is 0 Å². The van der Waals surface area contributed by atoms with Crippen LogP contribution in [0.4, 0.5) is 0 Å². The van der Waals surface area contributed by atoms with Gasteiger partial charge in [-0.1, -0.05) is 49.2 Å². The highest BCUT2D eigenvalue weighted by Crippen LogP contribution is 2.51. The maximum absolute atomic E-state index is 6.06. The molecule has 3 atom stereocenters. The average molecular weight is 337 g/mol. The van der Waals surface area contributed by atoms with E-state index in [1.54, 1.807) is 5.56 Å². The molecule has 3 unspecified atom stereocenters. The van der Waals surface area contributed by atoms with Gasteiger partial charge in [0.2, 0.25) is 0 Å².